The number of nitrogens with zero attached hydrogens (tertiary/aromatic N) is 2. The number of aromatic amines is 1. The lowest BCUT2D eigenvalue weighted by atomic mass is 10.1. The standard InChI is InChI=1S/C8H5FIN.C8H8IN3/c1-5-2-3-6(4-11)7(9)8(5)10;1-4-2-3-5-7(6(4)9)11-12-8(5)10/h2-3H,1H3;2-3H,1H3,(H3,10,11,12). The molecule has 0 unspecified atom stereocenters. The van der Waals surface area contributed by atoms with Crippen LogP contribution in [-0.2, 0) is 0 Å². The minimum atomic E-state index is -0.409. The van der Waals surface area contributed by atoms with Crippen molar-refractivity contribution in [3.8, 4) is 6.07 Å². The predicted octanol–water partition coefficient (Wildman–Crippen LogP) is 4.67. The molecule has 4 nitrogen and oxygen atoms in total. The quantitative estimate of drug-likeness (QED) is 0.412. The molecule has 3 aromatic rings. The van der Waals surface area contributed by atoms with Crippen molar-refractivity contribution in [3.05, 3.63) is 53.9 Å². The van der Waals surface area contributed by atoms with Crippen LogP contribution in [0.2, 0.25) is 0 Å². The van der Waals surface area contributed by atoms with E-state index in [-0.39, 0.29) is 5.56 Å². The Bertz CT molecular complexity index is 913. The van der Waals surface area contributed by atoms with E-state index in [1.54, 1.807) is 12.1 Å². The summed E-state index contributed by atoms with van der Waals surface area (Å²) >= 11 is 4.18. The number of hydrogen-bond donors (Lipinski definition) is 2. The van der Waals surface area contributed by atoms with Crippen LogP contribution in [0, 0.1) is 38.1 Å². The summed E-state index contributed by atoms with van der Waals surface area (Å²) in [6, 6.07) is 9.06. The molecule has 0 saturated carbocycles. The Labute approximate surface area is 160 Å². The minimum absolute atomic E-state index is 0.111. The molecule has 0 bridgehead atoms. The monoisotopic (exact) mass is 534 g/mol. The zero-order valence-electron chi connectivity index (χ0n) is 12.4. The molecular weight excluding hydrogens is 521 g/mol. The molecule has 0 fully saturated rings. The maximum absolute atomic E-state index is 13.0. The van der Waals surface area contributed by atoms with E-state index in [1.165, 1.54) is 15.2 Å². The molecule has 0 amide bonds. The number of nitrogen functional groups attached to an aromatic ring is 1. The highest BCUT2D eigenvalue weighted by atomic mass is 127. The Morgan fingerprint density at radius 3 is 2.39 bits per heavy atom. The first kappa shape index (κ1) is 17.9. The fourth-order valence-electron chi connectivity index (χ4n) is 1.91. The van der Waals surface area contributed by atoms with Crippen molar-refractivity contribution in [2.75, 3.05) is 5.73 Å². The molecule has 3 N–H and O–H groups in total. The number of benzene rings is 2. The summed E-state index contributed by atoms with van der Waals surface area (Å²) in [6.07, 6.45) is 0. The maximum Gasteiger partial charge on any atom is 0.154 e. The number of halogens is 3. The van der Waals surface area contributed by atoms with E-state index in [4.69, 9.17) is 11.0 Å². The van der Waals surface area contributed by atoms with Gasteiger partial charge < -0.3 is 5.73 Å². The minimum Gasteiger partial charge on any atom is -0.382 e. The van der Waals surface area contributed by atoms with E-state index in [0.717, 1.165) is 16.5 Å². The number of nitriles is 1. The van der Waals surface area contributed by atoms with Gasteiger partial charge in [-0.05, 0) is 82.3 Å². The fraction of sp³-hybridized carbons (Fsp3) is 0.125. The van der Waals surface area contributed by atoms with Crippen LogP contribution >= 0.6 is 45.2 Å². The normalized spacial score (nSPS) is 10.1. The highest BCUT2D eigenvalue weighted by Gasteiger charge is 2.07. The summed E-state index contributed by atoms with van der Waals surface area (Å²) in [7, 11) is 0. The van der Waals surface area contributed by atoms with Gasteiger partial charge >= 0.3 is 0 Å². The number of H-pyrrole nitrogens is 1. The van der Waals surface area contributed by atoms with E-state index >= 15 is 0 Å². The molecule has 1 aromatic heterocycles. The molecule has 118 valence electrons. The van der Waals surface area contributed by atoms with E-state index < -0.39 is 5.82 Å². The van der Waals surface area contributed by atoms with Crippen LogP contribution in [0.4, 0.5) is 10.2 Å². The molecule has 23 heavy (non-hydrogen) atoms. The number of nitrogens with two attached hydrogens (primary N) is 1. The number of rotatable bonds is 0. The van der Waals surface area contributed by atoms with Gasteiger partial charge in [0.2, 0.25) is 0 Å². The zero-order valence-corrected chi connectivity index (χ0v) is 16.7. The lowest BCUT2D eigenvalue weighted by Gasteiger charge is -1.99. The topological polar surface area (TPSA) is 78.5 Å². The van der Waals surface area contributed by atoms with Gasteiger partial charge in [-0.2, -0.15) is 10.4 Å². The van der Waals surface area contributed by atoms with E-state index in [9.17, 15) is 4.39 Å². The second kappa shape index (κ2) is 7.44. The third-order valence-corrected chi connectivity index (χ3v) is 6.01. The zero-order chi connectivity index (χ0) is 17.1. The van der Waals surface area contributed by atoms with E-state index in [0.29, 0.717) is 9.39 Å². The average Bonchev–Trinajstić information content (AvgIpc) is 2.91. The summed E-state index contributed by atoms with van der Waals surface area (Å²) in [5, 5.41) is 16.3. The van der Waals surface area contributed by atoms with Gasteiger partial charge in [-0.15, -0.1) is 0 Å². The predicted molar refractivity (Wildman–Crippen MR) is 107 cm³/mol. The highest BCUT2D eigenvalue weighted by Crippen LogP contribution is 2.25. The largest absolute Gasteiger partial charge is 0.382 e. The van der Waals surface area contributed by atoms with Gasteiger partial charge in [0.25, 0.3) is 0 Å². The molecule has 0 atom stereocenters. The third-order valence-electron chi connectivity index (χ3n) is 3.29. The van der Waals surface area contributed by atoms with Gasteiger partial charge in [0.05, 0.1) is 14.7 Å². The van der Waals surface area contributed by atoms with Crippen LogP contribution in [0.5, 0.6) is 0 Å². The number of fused-ring (bicyclic) bond motifs is 1. The molecule has 7 heteroatoms. The van der Waals surface area contributed by atoms with Crippen molar-refractivity contribution in [2.45, 2.75) is 13.8 Å². The number of anilines is 1. The number of nitrogens with one attached hydrogen (secondary N) is 1. The van der Waals surface area contributed by atoms with Crippen LogP contribution < -0.4 is 5.73 Å². The first-order valence-electron chi connectivity index (χ1n) is 6.60. The number of aryl methyl sites for hydroxylation is 2. The number of aromatic nitrogens is 2. The SMILES string of the molecule is Cc1ccc(C#N)c(F)c1I.Cc1ccc2c(N)n[nH]c2c1I. The lowest BCUT2D eigenvalue weighted by Crippen LogP contribution is -1.90. The second-order valence-electron chi connectivity index (χ2n) is 4.90. The van der Waals surface area contributed by atoms with Crippen LogP contribution in [-0.4, -0.2) is 10.2 Å². The van der Waals surface area contributed by atoms with Crippen molar-refractivity contribution in [1.82, 2.24) is 10.2 Å². The van der Waals surface area contributed by atoms with Gasteiger partial charge in [-0.1, -0.05) is 12.1 Å². The summed E-state index contributed by atoms with van der Waals surface area (Å²) < 4.78 is 14.8. The van der Waals surface area contributed by atoms with Gasteiger partial charge in [-0.3, -0.25) is 5.10 Å². The Balaban J connectivity index is 0.000000168. The van der Waals surface area contributed by atoms with Crippen molar-refractivity contribution >= 4 is 61.9 Å². The fourth-order valence-corrected chi connectivity index (χ4v) is 2.97. The summed E-state index contributed by atoms with van der Waals surface area (Å²) in [6.45, 7) is 3.88. The van der Waals surface area contributed by atoms with Crippen LogP contribution in [0.1, 0.15) is 16.7 Å². The van der Waals surface area contributed by atoms with Crippen molar-refractivity contribution in [3.63, 3.8) is 0 Å². The molecule has 0 aliphatic rings. The van der Waals surface area contributed by atoms with Crippen LogP contribution in [0.25, 0.3) is 10.9 Å². The summed E-state index contributed by atoms with van der Waals surface area (Å²) in [4.78, 5) is 0. The molecule has 0 aliphatic heterocycles. The van der Waals surface area contributed by atoms with E-state index in [1.807, 2.05) is 35.6 Å². The molecule has 0 aliphatic carbocycles. The van der Waals surface area contributed by atoms with Crippen molar-refractivity contribution < 1.29 is 4.39 Å². The molecule has 3 rings (SSSR count). The molecule has 2 aromatic carbocycles. The van der Waals surface area contributed by atoms with Gasteiger partial charge in [-0.25, -0.2) is 4.39 Å². The third kappa shape index (κ3) is 3.74. The van der Waals surface area contributed by atoms with Gasteiger partial charge in [0.1, 0.15) is 6.07 Å². The molecule has 1 heterocycles. The first-order valence-corrected chi connectivity index (χ1v) is 8.76. The van der Waals surface area contributed by atoms with Crippen molar-refractivity contribution in [1.29, 1.82) is 5.26 Å². The second-order valence-corrected chi connectivity index (χ2v) is 7.06. The Hall–Kier alpha value is -1.41. The average molecular weight is 534 g/mol. The van der Waals surface area contributed by atoms with Crippen LogP contribution in [0.3, 0.4) is 0 Å². The number of hydrogen-bond acceptors (Lipinski definition) is 3. The van der Waals surface area contributed by atoms with E-state index in [2.05, 4.69) is 45.8 Å². The smallest absolute Gasteiger partial charge is 0.154 e. The summed E-state index contributed by atoms with van der Waals surface area (Å²) in [5.41, 5.74) is 8.90. The lowest BCUT2D eigenvalue weighted by molar-refractivity contribution is 0.615. The summed E-state index contributed by atoms with van der Waals surface area (Å²) in [5.74, 6) is 0.163. The Morgan fingerprint density at radius 2 is 1.74 bits per heavy atom. The molecular formula is C16H13FI2N4. The first-order chi connectivity index (χ1) is 10.9. The maximum atomic E-state index is 13.0. The highest BCUT2D eigenvalue weighted by molar-refractivity contribution is 14.1. The molecule has 0 saturated heterocycles. The Morgan fingerprint density at radius 1 is 1.13 bits per heavy atom. The Kier molecular flexibility index (Phi) is 5.80. The molecule has 0 spiro atoms. The van der Waals surface area contributed by atoms with Gasteiger partial charge in [0, 0.05) is 8.96 Å². The van der Waals surface area contributed by atoms with Crippen LogP contribution in [0.15, 0.2) is 24.3 Å². The van der Waals surface area contributed by atoms with Gasteiger partial charge in [0.15, 0.2) is 11.6 Å². The van der Waals surface area contributed by atoms with Crippen molar-refractivity contribution in [2.24, 2.45) is 0 Å². The molecule has 0 radical (unpaired) electrons.